The number of nitrogens with zero attached hydrogens (tertiary/aromatic N) is 2. The van der Waals surface area contributed by atoms with Gasteiger partial charge in [-0.15, -0.1) is 0 Å². The van der Waals surface area contributed by atoms with Crippen LogP contribution in [0.25, 0.3) is 16.7 Å². The summed E-state index contributed by atoms with van der Waals surface area (Å²) in [5, 5.41) is 0. The fourth-order valence-corrected chi connectivity index (χ4v) is 11.6. The summed E-state index contributed by atoms with van der Waals surface area (Å²) in [5.74, 6) is 3.94. The van der Waals surface area contributed by atoms with Gasteiger partial charge in [-0.1, -0.05) is 206 Å². The predicted octanol–water partition coefficient (Wildman–Crippen LogP) is 14.4. The smallest absolute Gasteiger partial charge is 0.169 e. The van der Waals surface area contributed by atoms with Crippen LogP contribution < -0.4 is 14.2 Å². The molecule has 5 heteroatoms. The maximum atomic E-state index is 7.10. The summed E-state index contributed by atoms with van der Waals surface area (Å²) in [6.07, 6.45) is 26.3. The minimum Gasteiger partial charge on any atom is -0.484 e. The molecule has 0 saturated heterocycles. The van der Waals surface area contributed by atoms with Crippen molar-refractivity contribution < 1.29 is 14.2 Å². The first-order valence-corrected chi connectivity index (χ1v) is 24.7. The van der Waals surface area contributed by atoms with Crippen molar-refractivity contribution in [3.63, 3.8) is 0 Å². The van der Waals surface area contributed by atoms with Crippen LogP contribution in [-0.2, 0) is 5.41 Å². The predicted molar refractivity (Wildman–Crippen MR) is 286 cm³/mol. The molecule has 5 unspecified atom stereocenters. The Labute approximate surface area is 411 Å². The normalized spacial score (nSPS) is 22.7. The van der Waals surface area contributed by atoms with Crippen LogP contribution in [0.3, 0.4) is 0 Å². The summed E-state index contributed by atoms with van der Waals surface area (Å²) in [7, 11) is 0. The lowest BCUT2D eigenvalue weighted by Crippen LogP contribution is -2.42. The van der Waals surface area contributed by atoms with Gasteiger partial charge in [-0.2, -0.15) is 0 Å². The van der Waals surface area contributed by atoms with Crippen molar-refractivity contribution >= 4 is 29.3 Å². The van der Waals surface area contributed by atoms with Crippen molar-refractivity contribution in [2.24, 2.45) is 15.9 Å². The SMILES string of the molecule is C=NC(=NCC1C=CC=CC1)C1=C(c2cccc3c2OC2C=CC4=C(c5ccccc5C4(c4ccccc4)c4ccccc4)C2O3)CCC=C1.Cc1ccc(C2=CC=CC3c4ccccc4OC23)cc1. The number of hydrogen-bond donors (Lipinski definition) is 0. The Balaban J connectivity index is 0.000000209. The van der Waals surface area contributed by atoms with E-state index < -0.39 is 5.41 Å². The van der Waals surface area contributed by atoms with Crippen LogP contribution in [0.5, 0.6) is 17.2 Å². The average molecular weight is 911 g/mol. The van der Waals surface area contributed by atoms with Crippen LogP contribution in [0.1, 0.15) is 69.7 Å². The summed E-state index contributed by atoms with van der Waals surface area (Å²) >= 11 is 0. The largest absolute Gasteiger partial charge is 0.484 e. The van der Waals surface area contributed by atoms with E-state index in [1.807, 2.05) is 12.1 Å². The van der Waals surface area contributed by atoms with E-state index in [-0.39, 0.29) is 18.3 Å². The number of para-hydroxylation sites is 2. The Morgan fingerprint density at radius 1 is 0.657 bits per heavy atom. The molecule has 0 bridgehead atoms. The lowest BCUT2D eigenvalue weighted by atomic mass is 9.66. The minimum atomic E-state index is -0.479. The topological polar surface area (TPSA) is 52.4 Å². The van der Waals surface area contributed by atoms with Gasteiger partial charge in [-0.05, 0) is 90.1 Å². The number of aliphatic imine (C=N–C) groups is 2. The highest BCUT2D eigenvalue weighted by molar-refractivity contribution is 6.10. The Morgan fingerprint density at radius 3 is 2.17 bits per heavy atom. The summed E-state index contributed by atoms with van der Waals surface area (Å²) < 4.78 is 20.3. The van der Waals surface area contributed by atoms with Crippen LogP contribution in [0.15, 0.2) is 240 Å². The molecule has 0 N–H and O–H groups in total. The number of rotatable bonds is 7. The van der Waals surface area contributed by atoms with E-state index in [9.17, 15) is 0 Å². The Morgan fingerprint density at radius 2 is 1.39 bits per heavy atom. The highest BCUT2D eigenvalue weighted by Gasteiger charge is 2.52. The molecule has 0 radical (unpaired) electrons. The van der Waals surface area contributed by atoms with Crippen LogP contribution in [0, 0.1) is 12.8 Å². The molecule has 5 nitrogen and oxygen atoms in total. The van der Waals surface area contributed by atoms with Gasteiger partial charge in [-0.3, -0.25) is 4.99 Å². The number of allylic oxidation sites excluding steroid dienone is 9. The number of amidine groups is 1. The van der Waals surface area contributed by atoms with Crippen molar-refractivity contribution in [1.82, 2.24) is 0 Å². The Hall–Kier alpha value is -8.02. The molecule has 0 amide bonds. The third-order valence-corrected chi connectivity index (χ3v) is 14.8. The van der Waals surface area contributed by atoms with Crippen LogP contribution >= 0.6 is 0 Å². The summed E-state index contributed by atoms with van der Waals surface area (Å²) in [6, 6.07) is 53.9. The van der Waals surface area contributed by atoms with E-state index in [0.29, 0.717) is 24.2 Å². The van der Waals surface area contributed by atoms with E-state index >= 15 is 0 Å². The number of benzene rings is 6. The van der Waals surface area contributed by atoms with E-state index in [4.69, 9.17) is 19.2 Å². The van der Waals surface area contributed by atoms with Gasteiger partial charge >= 0.3 is 0 Å². The third kappa shape index (κ3) is 7.48. The molecular weight excluding hydrogens is 857 g/mol. The van der Waals surface area contributed by atoms with Gasteiger partial charge in [0, 0.05) is 46.2 Å². The van der Waals surface area contributed by atoms with Gasteiger partial charge in [0.05, 0.1) is 5.41 Å². The molecule has 342 valence electrons. The molecule has 0 saturated carbocycles. The molecule has 0 aromatic heterocycles. The van der Waals surface area contributed by atoms with Crippen molar-refractivity contribution in [2.75, 3.05) is 6.54 Å². The van der Waals surface area contributed by atoms with Gasteiger partial charge < -0.3 is 14.2 Å². The van der Waals surface area contributed by atoms with Crippen LogP contribution in [0.2, 0.25) is 0 Å². The van der Waals surface area contributed by atoms with Crippen LogP contribution in [-0.4, -0.2) is 37.4 Å². The molecule has 6 aromatic carbocycles. The zero-order valence-corrected chi connectivity index (χ0v) is 39.3. The molecule has 0 spiro atoms. The van der Waals surface area contributed by atoms with Gasteiger partial charge in [-0.25, -0.2) is 4.99 Å². The van der Waals surface area contributed by atoms with Crippen molar-refractivity contribution in [3.8, 4) is 17.2 Å². The second-order valence-electron chi connectivity index (χ2n) is 18.9. The maximum absolute atomic E-state index is 7.10. The Bertz CT molecular complexity index is 3250. The van der Waals surface area contributed by atoms with E-state index in [2.05, 4.69) is 225 Å². The maximum Gasteiger partial charge on any atom is 0.169 e. The fourth-order valence-electron chi connectivity index (χ4n) is 11.6. The zero-order chi connectivity index (χ0) is 47.0. The standard InChI is InChI=1S/C46H38N2O2.C19H16O/c1-47-45(48-30-31-16-5-2-6-17-31)36-23-12-11-22-34(36)35-25-15-27-40-43(35)49-41-29-28-39-42(44(41)50-40)37-24-13-14-26-38(37)46(39,32-18-7-3-8-19-32)33-20-9-4-10-21-33;1-13-9-11-14(12-10-13)15-6-4-7-17-16-5-2-3-8-18(16)20-19(15)17/h2-10,12-16,18-21,23-29,31,41,44H,1,11,17,22,30H2;2-12,17,19H,1H3. The quantitative estimate of drug-likeness (QED) is 0.118. The number of fused-ring (bicyclic) bond motifs is 8. The van der Waals surface area contributed by atoms with E-state index in [1.165, 1.54) is 55.7 Å². The molecule has 5 atom stereocenters. The molecular formula is C65H54N2O3. The summed E-state index contributed by atoms with van der Waals surface area (Å²) in [6.45, 7) is 6.71. The first-order chi connectivity index (χ1) is 34.6. The highest BCUT2D eigenvalue weighted by atomic mass is 16.6. The number of aryl methyl sites for hydroxylation is 1. The van der Waals surface area contributed by atoms with Crippen molar-refractivity contribution in [3.05, 3.63) is 274 Å². The molecule has 5 aliphatic carbocycles. The molecule has 2 heterocycles. The monoisotopic (exact) mass is 910 g/mol. The first-order valence-electron chi connectivity index (χ1n) is 24.7. The average Bonchev–Trinajstić information content (AvgIpc) is 3.96. The lowest BCUT2D eigenvalue weighted by molar-refractivity contribution is 0.0807. The first kappa shape index (κ1) is 43.3. The number of hydrogen-bond acceptors (Lipinski definition) is 4. The molecule has 0 fully saturated rings. The second-order valence-corrected chi connectivity index (χ2v) is 18.9. The summed E-state index contributed by atoms with van der Waals surface area (Å²) in [5.41, 5.74) is 15.2. The van der Waals surface area contributed by atoms with E-state index in [0.717, 1.165) is 53.2 Å². The molecule has 2 aliphatic heterocycles. The molecule has 70 heavy (non-hydrogen) atoms. The van der Waals surface area contributed by atoms with Gasteiger partial charge in [0.2, 0.25) is 0 Å². The molecule has 13 rings (SSSR count). The second kappa shape index (κ2) is 18.5. The lowest BCUT2D eigenvalue weighted by Gasteiger charge is -2.39. The fraction of sp³-hybridized carbons (Fsp3) is 0.169. The highest BCUT2D eigenvalue weighted by Crippen LogP contribution is 2.59. The Kier molecular flexibility index (Phi) is 11.4. The van der Waals surface area contributed by atoms with Gasteiger partial charge in [0.15, 0.2) is 29.5 Å². The molecule has 6 aromatic rings. The van der Waals surface area contributed by atoms with Crippen molar-refractivity contribution in [1.29, 1.82) is 0 Å². The van der Waals surface area contributed by atoms with Gasteiger partial charge in [0.25, 0.3) is 0 Å². The van der Waals surface area contributed by atoms with E-state index in [1.54, 1.807) is 0 Å². The zero-order valence-electron chi connectivity index (χ0n) is 39.3. The van der Waals surface area contributed by atoms with Gasteiger partial charge in [0.1, 0.15) is 11.9 Å². The van der Waals surface area contributed by atoms with Crippen LogP contribution in [0.4, 0.5) is 0 Å². The minimum absolute atomic E-state index is 0.111. The number of ether oxygens (including phenoxy) is 3. The third-order valence-electron chi connectivity index (χ3n) is 14.8. The summed E-state index contributed by atoms with van der Waals surface area (Å²) in [4.78, 5) is 9.40. The van der Waals surface area contributed by atoms with Crippen molar-refractivity contribution in [2.45, 2.75) is 55.8 Å². The molecule has 7 aliphatic rings.